The highest BCUT2D eigenvalue weighted by molar-refractivity contribution is 6.83. The Morgan fingerprint density at radius 3 is 1.85 bits per heavy atom. The molecule has 0 heterocycles. The number of hydrogen-bond donors (Lipinski definition) is 0. The summed E-state index contributed by atoms with van der Waals surface area (Å²) < 4.78 is 0. The molecule has 3 aliphatic rings. The van der Waals surface area contributed by atoms with Crippen molar-refractivity contribution in [2.24, 2.45) is 0 Å². The fourth-order valence-electron chi connectivity index (χ4n) is 5.57. The molecule has 162 valence electrons. The topological polar surface area (TPSA) is 0 Å². The van der Waals surface area contributed by atoms with Crippen LogP contribution < -0.4 is 0 Å². The van der Waals surface area contributed by atoms with Crippen molar-refractivity contribution in [3.05, 3.63) is 142 Å². The summed E-state index contributed by atoms with van der Waals surface area (Å²) in [6, 6.07) is 34.7. The molecule has 0 unspecified atom stereocenters. The summed E-state index contributed by atoms with van der Waals surface area (Å²) in [5.41, 5.74) is 13.4. The Morgan fingerprint density at radius 1 is 0.618 bits per heavy atom. The van der Waals surface area contributed by atoms with Gasteiger partial charge in [-0.25, -0.2) is 0 Å². The summed E-state index contributed by atoms with van der Waals surface area (Å²) in [5, 5.41) is 0. The van der Waals surface area contributed by atoms with E-state index in [1.807, 2.05) is 18.2 Å². The molecule has 4 aromatic rings. The first kappa shape index (κ1) is 20.8. The van der Waals surface area contributed by atoms with Gasteiger partial charge < -0.3 is 0 Å². The van der Waals surface area contributed by atoms with Crippen molar-refractivity contribution in [3.8, 4) is 23.3 Å². The minimum Gasteiger partial charge on any atom is -0.130 e. The number of rotatable bonds is 0. The Kier molecular flexibility index (Phi) is 4.67. The van der Waals surface area contributed by atoms with Gasteiger partial charge in [0.2, 0.25) is 0 Å². The van der Waals surface area contributed by atoms with Crippen LogP contribution in [0.1, 0.15) is 50.4 Å². The van der Waals surface area contributed by atoms with E-state index in [9.17, 15) is 0 Å². The normalized spacial score (nSPS) is 19.0. The second-order valence-electron chi connectivity index (χ2n) is 10.2. The lowest BCUT2D eigenvalue weighted by atomic mass is 9.52. The lowest BCUT2D eigenvalue weighted by Gasteiger charge is -2.48. The molecular weight excluding hydrogens is 424 g/mol. The highest BCUT2D eigenvalue weighted by atomic mass is 28.3. The Balaban J connectivity index is 1.72. The lowest BCUT2D eigenvalue weighted by molar-refractivity contribution is 0.664. The van der Waals surface area contributed by atoms with Crippen LogP contribution in [-0.4, -0.2) is 8.07 Å². The molecule has 0 atom stereocenters. The first-order valence-electron chi connectivity index (χ1n) is 11.9. The van der Waals surface area contributed by atoms with Gasteiger partial charge in [-0.3, -0.25) is 0 Å². The van der Waals surface area contributed by atoms with Gasteiger partial charge in [-0.15, -0.1) is 5.54 Å². The molecule has 0 fully saturated rings. The molecule has 0 aliphatic heterocycles. The predicted octanol–water partition coefficient (Wildman–Crippen LogP) is 7.11. The van der Waals surface area contributed by atoms with E-state index in [0.717, 1.165) is 11.1 Å². The monoisotopic (exact) mass is 450 g/mol. The highest BCUT2D eigenvalue weighted by Gasteiger charge is 2.51. The van der Waals surface area contributed by atoms with Gasteiger partial charge in [0, 0.05) is 17.0 Å². The fourth-order valence-corrected chi connectivity index (χ4v) is 6.13. The summed E-state index contributed by atoms with van der Waals surface area (Å²) in [6.45, 7) is 6.97. The summed E-state index contributed by atoms with van der Waals surface area (Å²) >= 11 is 0. The SMILES string of the molecule is C[Si](C)(C)C#CC12c3ccccc3C(c3ccccc31)c1cccc(C#Cc3ccccc3)c12. The maximum atomic E-state index is 3.91. The summed E-state index contributed by atoms with van der Waals surface area (Å²) in [7, 11) is -1.64. The predicted molar refractivity (Wildman–Crippen MR) is 144 cm³/mol. The van der Waals surface area contributed by atoms with Gasteiger partial charge in [0.25, 0.3) is 0 Å². The van der Waals surface area contributed by atoms with E-state index in [0.29, 0.717) is 0 Å². The molecule has 34 heavy (non-hydrogen) atoms. The van der Waals surface area contributed by atoms with Gasteiger partial charge in [0.1, 0.15) is 13.5 Å². The molecule has 4 aromatic carbocycles. The lowest BCUT2D eigenvalue weighted by Crippen LogP contribution is -2.42. The van der Waals surface area contributed by atoms with E-state index >= 15 is 0 Å². The first-order valence-corrected chi connectivity index (χ1v) is 15.4. The van der Waals surface area contributed by atoms with Crippen molar-refractivity contribution in [3.63, 3.8) is 0 Å². The Hall–Kier alpha value is -3.78. The van der Waals surface area contributed by atoms with E-state index in [1.54, 1.807) is 0 Å². The van der Waals surface area contributed by atoms with Gasteiger partial charge in [-0.05, 0) is 51.6 Å². The van der Waals surface area contributed by atoms with Gasteiger partial charge in [0.05, 0.1) is 0 Å². The van der Waals surface area contributed by atoms with Crippen molar-refractivity contribution in [2.75, 3.05) is 0 Å². The molecule has 0 N–H and O–H groups in total. The fraction of sp³-hybridized carbons (Fsp3) is 0.152. The second kappa shape index (κ2) is 7.63. The zero-order valence-electron chi connectivity index (χ0n) is 19.8. The van der Waals surface area contributed by atoms with E-state index in [-0.39, 0.29) is 5.92 Å². The maximum absolute atomic E-state index is 3.91. The minimum atomic E-state index is -1.64. The molecule has 1 heteroatoms. The molecule has 0 saturated carbocycles. The Labute approximate surface area is 203 Å². The van der Waals surface area contributed by atoms with Crippen LogP contribution in [0.4, 0.5) is 0 Å². The van der Waals surface area contributed by atoms with Crippen molar-refractivity contribution in [1.82, 2.24) is 0 Å². The smallest absolute Gasteiger partial charge is 0.129 e. The summed E-state index contributed by atoms with van der Waals surface area (Å²) in [5.74, 6) is 11.1. The van der Waals surface area contributed by atoms with Gasteiger partial charge in [0.15, 0.2) is 0 Å². The third kappa shape index (κ3) is 3.09. The van der Waals surface area contributed by atoms with E-state index in [4.69, 9.17) is 0 Å². The van der Waals surface area contributed by atoms with E-state index in [1.165, 1.54) is 33.4 Å². The van der Waals surface area contributed by atoms with Crippen LogP contribution in [0, 0.1) is 23.3 Å². The van der Waals surface area contributed by atoms with Crippen molar-refractivity contribution >= 4 is 8.07 Å². The third-order valence-corrected chi connectivity index (χ3v) is 7.75. The average Bonchev–Trinajstić information content (AvgIpc) is 2.86. The zero-order chi connectivity index (χ0) is 23.3. The maximum Gasteiger partial charge on any atom is 0.129 e. The van der Waals surface area contributed by atoms with Crippen molar-refractivity contribution in [1.29, 1.82) is 0 Å². The van der Waals surface area contributed by atoms with Crippen molar-refractivity contribution in [2.45, 2.75) is 31.0 Å². The standard InChI is InChI=1S/C33H26Si/c1-34(2,3)23-22-33-29-18-9-7-15-26(29)31(27-16-8-10-19-30(27)33)28-17-11-14-25(32(28)33)21-20-24-12-5-4-6-13-24/h4-19,31H,1-3H3. The van der Waals surface area contributed by atoms with Crippen LogP contribution in [0.15, 0.2) is 97.1 Å². The molecule has 0 aromatic heterocycles. The molecule has 0 amide bonds. The molecular formula is C33H26Si. The molecule has 7 rings (SSSR count). The zero-order valence-corrected chi connectivity index (χ0v) is 20.8. The largest absolute Gasteiger partial charge is 0.130 e. The molecule has 0 spiro atoms. The van der Waals surface area contributed by atoms with Crippen LogP contribution in [-0.2, 0) is 5.41 Å². The summed E-state index contributed by atoms with van der Waals surface area (Å²) in [6.07, 6.45) is 0. The second-order valence-corrected chi connectivity index (χ2v) is 15.0. The van der Waals surface area contributed by atoms with Crippen LogP contribution >= 0.6 is 0 Å². The highest BCUT2D eigenvalue weighted by Crippen LogP contribution is 2.59. The molecule has 2 bridgehead atoms. The van der Waals surface area contributed by atoms with Crippen molar-refractivity contribution < 1.29 is 0 Å². The number of benzene rings is 4. The van der Waals surface area contributed by atoms with Gasteiger partial charge >= 0.3 is 0 Å². The van der Waals surface area contributed by atoms with Gasteiger partial charge in [-0.2, -0.15) is 0 Å². The molecule has 3 aliphatic carbocycles. The van der Waals surface area contributed by atoms with Crippen LogP contribution in [0.2, 0.25) is 19.6 Å². The van der Waals surface area contributed by atoms with E-state index < -0.39 is 13.5 Å². The van der Waals surface area contributed by atoms with E-state index in [2.05, 4.69) is 122 Å². The third-order valence-electron chi connectivity index (χ3n) is 6.87. The van der Waals surface area contributed by atoms with Gasteiger partial charge in [-0.1, -0.05) is 116 Å². The quantitative estimate of drug-likeness (QED) is 0.198. The average molecular weight is 451 g/mol. The summed E-state index contributed by atoms with van der Waals surface area (Å²) in [4.78, 5) is 0. The van der Waals surface area contributed by atoms with Crippen LogP contribution in [0.3, 0.4) is 0 Å². The number of hydrogen-bond acceptors (Lipinski definition) is 0. The molecule has 0 nitrogen and oxygen atoms in total. The minimum absolute atomic E-state index is 0.219. The first-order chi connectivity index (χ1) is 16.5. The van der Waals surface area contributed by atoms with Crippen LogP contribution in [0.5, 0.6) is 0 Å². The molecule has 0 saturated heterocycles. The Bertz CT molecular complexity index is 1500. The molecule has 0 radical (unpaired) electrons. The van der Waals surface area contributed by atoms with Crippen LogP contribution in [0.25, 0.3) is 0 Å². The Morgan fingerprint density at radius 2 is 1.21 bits per heavy atom.